The number of carbonyl (C=O) groups is 1. The van der Waals surface area contributed by atoms with E-state index in [9.17, 15) is 13.6 Å². The van der Waals surface area contributed by atoms with Gasteiger partial charge in [-0.1, -0.05) is 5.21 Å². The summed E-state index contributed by atoms with van der Waals surface area (Å²) in [6, 6.07) is 7.22. The number of aromatic nitrogens is 3. The van der Waals surface area contributed by atoms with Gasteiger partial charge in [0.2, 0.25) is 0 Å². The minimum atomic E-state index is -1.11. The lowest BCUT2D eigenvalue weighted by atomic mass is 10.2. The van der Waals surface area contributed by atoms with Crippen LogP contribution in [-0.4, -0.2) is 26.1 Å². The maximum absolute atomic E-state index is 13.8. The van der Waals surface area contributed by atoms with E-state index >= 15 is 0 Å². The average molecular weight is 275 g/mol. The van der Waals surface area contributed by atoms with Crippen LogP contribution in [0, 0.1) is 11.6 Å². The number of rotatable bonds is 2. The third-order valence-electron chi connectivity index (χ3n) is 2.83. The molecule has 0 bridgehead atoms. The Morgan fingerprint density at radius 2 is 1.95 bits per heavy atom. The molecule has 1 heterocycles. The van der Waals surface area contributed by atoms with E-state index in [1.807, 2.05) is 0 Å². The molecule has 100 valence electrons. The minimum Gasteiger partial charge on any atom is -0.478 e. The minimum absolute atomic E-state index is 0.00330. The third-order valence-corrected chi connectivity index (χ3v) is 2.83. The summed E-state index contributed by atoms with van der Waals surface area (Å²) in [5.74, 6) is -2.63. The van der Waals surface area contributed by atoms with Gasteiger partial charge in [-0.05, 0) is 30.3 Å². The van der Waals surface area contributed by atoms with Crippen molar-refractivity contribution in [1.82, 2.24) is 15.0 Å². The summed E-state index contributed by atoms with van der Waals surface area (Å²) in [4.78, 5) is 11.0. The molecule has 0 saturated heterocycles. The fraction of sp³-hybridized carbons (Fsp3) is 0. The van der Waals surface area contributed by atoms with E-state index in [4.69, 9.17) is 5.11 Å². The summed E-state index contributed by atoms with van der Waals surface area (Å²) < 4.78 is 27.8. The molecule has 0 atom stereocenters. The van der Waals surface area contributed by atoms with Crippen LogP contribution in [0.3, 0.4) is 0 Å². The van der Waals surface area contributed by atoms with Crippen LogP contribution in [0.5, 0.6) is 0 Å². The number of fused-ring (bicyclic) bond motifs is 1. The van der Waals surface area contributed by atoms with Gasteiger partial charge >= 0.3 is 5.97 Å². The van der Waals surface area contributed by atoms with Gasteiger partial charge in [0.05, 0.1) is 11.1 Å². The highest BCUT2D eigenvalue weighted by atomic mass is 19.1. The number of hydrogen-bond acceptors (Lipinski definition) is 3. The Balaban J connectivity index is 2.25. The molecule has 0 fully saturated rings. The number of halogens is 2. The normalized spacial score (nSPS) is 10.9. The summed E-state index contributed by atoms with van der Waals surface area (Å²) in [6.45, 7) is 0. The molecule has 0 aliphatic carbocycles. The summed E-state index contributed by atoms with van der Waals surface area (Å²) in [6.07, 6.45) is 0. The standard InChI is InChI=1S/C13H7F2N3O2/c14-8-2-4-11(9(15)6-8)18-12-5-7(13(19)20)1-3-10(12)16-17-18/h1-6H,(H,19,20). The maximum Gasteiger partial charge on any atom is 0.335 e. The molecule has 0 unspecified atom stereocenters. The molecule has 1 N–H and O–H groups in total. The first-order valence-corrected chi connectivity index (χ1v) is 5.60. The fourth-order valence-electron chi connectivity index (χ4n) is 1.88. The van der Waals surface area contributed by atoms with Crippen LogP contribution in [0.1, 0.15) is 10.4 Å². The number of carboxylic acids is 1. The lowest BCUT2D eigenvalue weighted by molar-refractivity contribution is 0.0697. The molecule has 3 aromatic rings. The molecule has 0 aliphatic rings. The van der Waals surface area contributed by atoms with Crippen molar-refractivity contribution in [3.63, 3.8) is 0 Å². The molecule has 2 aromatic carbocycles. The van der Waals surface area contributed by atoms with Crippen molar-refractivity contribution in [2.75, 3.05) is 0 Å². The van der Waals surface area contributed by atoms with E-state index in [0.717, 1.165) is 16.8 Å². The van der Waals surface area contributed by atoms with E-state index in [1.54, 1.807) is 0 Å². The molecule has 5 nitrogen and oxygen atoms in total. The van der Waals surface area contributed by atoms with Crippen LogP contribution in [-0.2, 0) is 0 Å². The molecule has 3 rings (SSSR count). The molecule has 7 heteroatoms. The predicted octanol–water partition coefficient (Wildman–Crippen LogP) is 2.40. The SMILES string of the molecule is O=C(O)c1ccc2nnn(-c3ccc(F)cc3F)c2c1. The van der Waals surface area contributed by atoms with E-state index in [-0.39, 0.29) is 11.3 Å². The van der Waals surface area contributed by atoms with Crippen molar-refractivity contribution < 1.29 is 18.7 Å². The van der Waals surface area contributed by atoms with Crippen LogP contribution in [0.2, 0.25) is 0 Å². The van der Waals surface area contributed by atoms with Crippen molar-refractivity contribution in [2.24, 2.45) is 0 Å². The van der Waals surface area contributed by atoms with E-state index in [1.165, 1.54) is 24.3 Å². The highest BCUT2D eigenvalue weighted by Crippen LogP contribution is 2.20. The first-order chi connectivity index (χ1) is 9.56. The smallest absolute Gasteiger partial charge is 0.335 e. The second kappa shape index (κ2) is 4.37. The number of hydrogen-bond donors (Lipinski definition) is 1. The van der Waals surface area contributed by atoms with Crippen LogP contribution < -0.4 is 0 Å². The van der Waals surface area contributed by atoms with Gasteiger partial charge in [-0.25, -0.2) is 18.3 Å². The second-order valence-electron chi connectivity index (χ2n) is 4.11. The Kier molecular flexibility index (Phi) is 2.67. The summed E-state index contributed by atoms with van der Waals surface area (Å²) >= 11 is 0. The largest absolute Gasteiger partial charge is 0.478 e. The van der Waals surface area contributed by atoms with Crippen LogP contribution in [0.4, 0.5) is 8.78 Å². The lowest BCUT2D eigenvalue weighted by Crippen LogP contribution is -2.02. The van der Waals surface area contributed by atoms with Gasteiger partial charge in [0, 0.05) is 6.07 Å². The predicted molar refractivity (Wildman–Crippen MR) is 65.7 cm³/mol. The number of nitrogens with zero attached hydrogens (tertiary/aromatic N) is 3. The number of aromatic carboxylic acids is 1. The lowest BCUT2D eigenvalue weighted by Gasteiger charge is -2.04. The molecule has 0 saturated carbocycles. The maximum atomic E-state index is 13.8. The van der Waals surface area contributed by atoms with Crippen LogP contribution in [0.25, 0.3) is 16.7 Å². The summed E-state index contributed by atoms with van der Waals surface area (Å²) in [7, 11) is 0. The van der Waals surface area contributed by atoms with Gasteiger partial charge in [0.15, 0.2) is 5.82 Å². The zero-order valence-corrected chi connectivity index (χ0v) is 9.92. The first-order valence-electron chi connectivity index (χ1n) is 5.60. The van der Waals surface area contributed by atoms with Crippen LogP contribution in [0.15, 0.2) is 36.4 Å². The van der Waals surface area contributed by atoms with Crippen molar-refractivity contribution in [3.05, 3.63) is 53.6 Å². The van der Waals surface area contributed by atoms with Crippen molar-refractivity contribution in [1.29, 1.82) is 0 Å². The molecule has 0 aliphatic heterocycles. The zero-order chi connectivity index (χ0) is 14.3. The second-order valence-corrected chi connectivity index (χ2v) is 4.11. The Morgan fingerprint density at radius 1 is 1.15 bits per heavy atom. The van der Waals surface area contributed by atoms with Gasteiger partial charge in [-0.15, -0.1) is 5.10 Å². The van der Waals surface area contributed by atoms with E-state index in [0.29, 0.717) is 11.0 Å². The van der Waals surface area contributed by atoms with Gasteiger partial charge < -0.3 is 5.11 Å². The molecular formula is C13H7F2N3O2. The van der Waals surface area contributed by atoms with E-state index < -0.39 is 17.6 Å². The highest BCUT2D eigenvalue weighted by Gasteiger charge is 2.13. The molecule has 0 radical (unpaired) electrons. The number of benzene rings is 2. The van der Waals surface area contributed by atoms with E-state index in [2.05, 4.69) is 10.3 Å². The monoisotopic (exact) mass is 275 g/mol. The molecule has 0 spiro atoms. The first kappa shape index (κ1) is 12.2. The van der Waals surface area contributed by atoms with Gasteiger partial charge in [0.1, 0.15) is 17.0 Å². The third kappa shape index (κ3) is 1.89. The number of carboxylic acid groups (broad SMARTS) is 1. The van der Waals surface area contributed by atoms with Gasteiger partial charge in [0.25, 0.3) is 0 Å². The summed E-state index contributed by atoms with van der Waals surface area (Å²) in [5.41, 5.74) is 0.772. The molecule has 0 amide bonds. The molecule has 1 aromatic heterocycles. The highest BCUT2D eigenvalue weighted by molar-refractivity contribution is 5.92. The molecule has 20 heavy (non-hydrogen) atoms. The fourth-order valence-corrected chi connectivity index (χ4v) is 1.88. The molecular weight excluding hydrogens is 268 g/mol. The Bertz CT molecular complexity index is 830. The Labute approximate surface area is 111 Å². The van der Waals surface area contributed by atoms with Gasteiger partial charge in [-0.2, -0.15) is 0 Å². The van der Waals surface area contributed by atoms with Gasteiger partial charge in [-0.3, -0.25) is 0 Å². The zero-order valence-electron chi connectivity index (χ0n) is 9.92. The summed E-state index contributed by atoms with van der Waals surface area (Å²) in [5, 5.41) is 16.5. The van der Waals surface area contributed by atoms with Crippen molar-refractivity contribution >= 4 is 17.0 Å². The van der Waals surface area contributed by atoms with Crippen LogP contribution >= 0.6 is 0 Å². The topological polar surface area (TPSA) is 68.0 Å². The van der Waals surface area contributed by atoms with Crippen molar-refractivity contribution in [2.45, 2.75) is 0 Å². The Hall–Kier alpha value is -2.83. The van der Waals surface area contributed by atoms with Crippen molar-refractivity contribution in [3.8, 4) is 5.69 Å². The quantitative estimate of drug-likeness (QED) is 0.779. The average Bonchev–Trinajstić information content (AvgIpc) is 2.81. The Morgan fingerprint density at radius 3 is 2.65 bits per heavy atom.